The maximum Gasteiger partial charge on any atom is 0.215 e. The monoisotopic (exact) mass is 501 g/mol. The van der Waals surface area contributed by atoms with Gasteiger partial charge in [-0.3, -0.25) is 0 Å². The van der Waals surface area contributed by atoms with Crippen molar-refractivity contribution in [3.63, 3.8) is 0 Å². The molecule has 8 heteroatoms. The molecule has 0 unspecified atom stereocenters. The molecule has 0 aromatic carbocycles. The van der Waals surface area contributed by atoms with Crippen LogP contribution >= 0.6 is 0 Å². The van der Waals surface area contributed by atoms with E-state index in [4.69, 9.17) is 20.0 Å². The summed E-state index contributed by atoms with van der Waals surface area (Å²) in [4.78, 5) is 4.68. The van der Waals surface area contributed by atoms with Crippen LogP contribution in [-0.2, 0) is 9.96 Å². The van der Waals surface area contributed by atoms with E-state index in [0.717, 1.165) is 56.0 Å². The molecule has 2 aromatic rings. The number of hydrogen-bond donors (Lipinski definition) is 2. The summed E-state index contributed by atoms with van der Waals surface area (Å²) in [6, 6.07) is 8.28. The van der Waals surface area contributed by atoms with Crippen LogP contribution in [0.2, 0.25) is 18.1 Å². The molecule has 3 N–H and O–H groups in total. The van der Waals surface area contributed by atoms with Gasteiger partial charge in [-0.25, -0.2) is 4.68 Å². The van der Waals surface area contributed by atoms with Crippen molar-refractivity contribution in [2.45, 2.75) is 109 Å². The highest BCUT2D eigenvalue weighted by Gasteiger charge is 2.36. The predicted molar refractivity (Wildman–Crippen MR) is 147 cm³/mol. The van der Waals surface area contributed by atoms with Gasteiger partial charge in [-0.2, -0.15) is 10.1 Å². The molecule has 1 saturated carbocycles. The zero-order valence-corrected chi connectivity index (χ0v) is 24.1. The first-order valence-electron chi connectivity index (χ1n) is 13.1. The third-order valence-corrected chi connectivity index (χ3v) is 11.8. The minimum absolute atomic E-state index is 0.151. The zero-order valence-electron chi connectivity index (χ0n) is 23.1. The molecule has 7 nitrogen and oxygen atoms in total. The molecule has 1 aliphatic carbocycles. The normalized spacial score (nSPS) is 19.2. The number of hydrogen-bond acceptors (Lipinski definition) is 6. The molecule has 196 valence electrons. The van der Waals surface area contributed by atoms with Crippen molar-refractivity contribution in [1.29, 1.82) is 0 Å². The lowest BCUT2D eigenvalue weighted by molar-refractivity contribution is 0.248. The minimum atomic E-state index is -1.68. The maximum absolute atomic E-state index is 6.26. The Morgan fingerprint density at radius 3 is 2.43 bits per heavy atom. The summed E-state index contributed by atoms with van der Waals surface area (Å²) in [5.74, 6) is 2.76. The van der Waals surface area contributed by atoms with E-state index in [9.17, 15) is 0 Å². The Morgan fingerprint density at radius 1 is 1.09 bits per heavy atom. The van der Waals surface area contributed by atoms with Gasteiger partial charge in [0.1, 0.15) is 11.6 Å². The van der Waals surface area contributed by atoms with Crippen LogP contribution in [0.15, 0.2) is 24.3 Å². The van der Waals surface area contributed by atoms with E-state index < -0.39 is 8.32 Å². The number of aromatic nitrogens is 3. The third-order valence-electron chi connectivity index (χ3n) is 7.29. The van der Waals surface area contributed by atoms with Crippen molar-refractivity contribution >= 4 is 20.0 Å². The molecular weight excluding hydrogens is 454 g/mol. The fourth-order valence-corrected chi connectivity index (χ4v) is 5.19. The largest absolute Gasteiger partial charge is 0.478 e. The summed E-state index contributed by atoms with van der Waals surface area (Å²) in [5.41, 5.74) is 7.12. The summed E-state index contributed by atoms with van der Waals surface area (Å²) in [5, 5.41) is 8.68. The molecule has 35 heavy (non-hydrogen) atoms. The number of ether oxygens (including phenoxy) is 1. The fourth-order valence-electron chi connectivity index (χ4n) is 4.11. The number of anilines is 2. The van der Waals surface area contributed by atoms with E-state index >= 15 is 0 Å². The Hall–Kier alpha value is -1.90. The highest BCUT2D eigenvalue weighted by Crippen LogP contribution is 2.37. The van der Waals surface area contributed by atoms with E-state index in [1.807, 2.05) is 18.2 Å². The number of nitrogens with one attached hydrogen (secondary N) is 1. The average molecular weight is 502 g/mol. The molecule has 0 saturated heterocycles. The van der Waals surface area contributed by atoms with Crippen LogP contribution in [0.1, 0.15) is 85.3 Å². The van der Waals surface area contributed by atoms with Crippen LogP contribution < -0.4 is 15.8 Å². The van der Waals surface area contributed by atoms with Gasteiger partial charge in [-0.05, 0) is 77.1 Å². The first kappa shape index (κ1) is 27.7. The lowest BCUT2D eigenvalue weighted by atomic mass is 10.0. The lowest BCUT2D eigenvalue weighted by Crippen LogP contribution is -2.41. The van der Waals surface area contributed by atoms with Crippen LogP contribution in [0, 0.1) is 0 Å². The van der Waals surface area contributed by atoms with Gasteiger partial charge in [0.2, 0.25) is 5.88 Å². The molecule has 0 spiro atoms. The van der Waals surface area contributed by atoms with Crippen molar-refractivity contribution in [2.24, 2.45) is 5.73 Å². The van der Waals surface area contributed by atoms with Gasteiger partial charge in [-0.1, -0.05) is 26.8 Å². The Morgan fingerprint density at radius 2 is 1.80 bits per heavy atom. The molecule has 1 aliphatic rings. The van der Waals surface area contributed by atoms with Crippen LogP contribution in [0.4, 0.5) is 11.6 Å². The fraction of sp³-hybridized carbons (Fsp3) is 0.704. The molecular formula is C27H47N5O2Si. The Bertz CT molecular complexity index is 961. The van der Waals surface area contributed by atoms with Gasteiger partial charge < -0.3 is 20.2 Å². The van der Waals surface area contributed by atoms with Crippen LogP contribution in [-0.4, -0.2) is 42.3 Å². The highest BCUT2D eigenvalue weighted by molar-refractivity contribution is 6.74. The molecule has 2 aromatic heterocycles. The number of unbranched alkanes of at least 4 members (excludes halogenated alkanes) is 1. The third kappa shape index (κ3) is 7.54. The van der Waals surface area contributed by atoms with Crippen molar-refractivity contribution < 1.29 is 9.16 Å². The lowest BCUT2D eigenvalue weighted by Gasteiger charge is -2.36. The summed E-state index contributed by atoms with van der Waals surface area (Å²) < 4.78 is 14.3. The highest BCUT2D eigenvalue weighted by atomic mass is 28.4. The van der Waals surface area contributed by atoms with Crippen molar-refractivity contribution in [2.75, 3.05) is 18.5 Å². The van der Waals surface area contributed by atoms with Crippen molar-refractivity contribution in [1.82, 2.24) is 14.8 Å². The van der Waals surface area contributed by atoms with E-state index in [0.29, 0.717) is 18.4 Å². The molecule has 0 radical (unpaired) electrons. The van der Waals surface area contributed by atoms with Crippen LogP contribution in [0.3, 0.4) is 0 Å². The van der Waals surface area contributed by atoms with Crippen molar-refractivity contribution in [3.8, 4) is 5.88 Å². The second-order valence-electron chi connectivity index (χ2n) is 12.5. The Labute approximate surface area is 213 Å². The predicted octanol–water partition coefficient (Wildman–Crippen LogP) is 6.55. The van der Waals surface area contributed by atoms with E-state index in [-0.39, 0.29) is 16.6 Å². The first-order valence-corrected chi connectivity index (χ1v) is 16.0. The summed E-state index contributed by atoms with van der Waals surface area (Å²) >= 11 is 0. The summed E-state index contributed by atoms with van der Waals surface area (Å²) in [6.45, 7) is 19.3. The standard InChI is InChI=1S/C27H47N5O2Si/c1-26(2,3)32-24(19-22(31-32)20-14-15-21(28)18-20)29-23-12-11-13-25(30-23)33-16-9-10-17-34-35(7,8)27(4,5)6/h11-13,19-21H,9-10,14-18,28H2,1-8H3,(H,29,30)/t20-,21+/m0/s1. The van der Waals surface area contributed by atoms with Gasteiger partial charge in [-0.15, -0.1) is 0 Å². The van der Waals surface area contributed by atoms with Crippen LogP contribution in [0.25, 0.3) is 0 Å². The smallest absolute Gasteiger partial charge is 0.215 e. The second kappa shape index (κ2) is 11.0. The minimum Gasteiger partial charge on any atom is -0.478 e. The van der Waals surface area contributed by atoms with E-state index in [1.165, 1.54) is 0 Å². The topological polar surface area (TPSA) is 87.2 Å². The van der Waals surface area contributed by atoms with Gasteiger partial charge in [0, 0.05) is 30.7 Å². The number of nitrogens with zero attached hydrogens (tertiary/aromatic N) is 3. The molecule has 2 heterocycles. The average Bonchev–Trinajstić information content (AvgIpc) is 3.36. The summed E-state index contributed by atoms with van der Waals surface area (Å²) in [6.07, 6.45) is 5.10. The number of pyridine rings is 1. The summed E-state index contributed by atoms with van der Waals surface area (Å²) in [7, 11) is -1.68. The Kier molecular flexibility index (Phi) is 8.71. The zero-order chi connectivity index (χ0) is 25.9. The Balaban J connectivity index is 1.56. The molecule has 3 rings (SSSR count). The quantitative estimate of drug-likeness (QED) is 0.283. The molecule has 0 aliphatic heterocycles. The SMILES string of the molecule is CC(C)(C)n1nc([C@H]2CC[C@@H](N)C2)cc1Nc1cccc(OCCCCO[Si](C)(C)C(C)(C)C)n1. The first-order chi connectivity index (χ1) is 16.3. The van der Waals surface area contributed by atoms with Gasteiger partial charge in [0.05, 0.1) is 17.8 Å². The van der Waals surface area contributed by atoms with E-state index in [2.05, 4.69) is 75.7 Å². The number of nitrogens with two attached hydrogens (primary N) is 1. The van der Waals surface area contributed by atoms with Gasteiger partial charge in [0.15, 0.2) is 8.32 Å². The number of rotatable bonds is 10. The molecule has 0 amide bonds. The van der Waals surface area contributed by atoms with Gasteiger partial charge >= 0.3 is 0 Å². The van der Waals surface area contributed by atoms with Crippen LogP contribution in [0.5, 0.6) is 5.88 Å². The van der Waals surface area contributed by atoms with E-state index in [1.54, 1.807) is 0 Å². The molecule has 1 fully saturated rings. The van der Waals surface area contributed by atoms with Gasteiger partial charge in [0.25, 0.3) is 0 Å². The van der Waals surface area contributed by atoms with Crippen molar-refractivity contribution in [3.05, 3.63) is 30.0 Å². The second-order valence-corrected chi connectivity index (χ2v) is 17.3. The maximum atomic E-state index is 6.26. The molecule has 0 bridgehead atoms. The molecule has 2 atom stereocenters.